The Morgan fingerprint density at radius 3 is 2.07 bits per heavy atom. The van der Waals surface area contributed by atoms with Crippen molar-refractivity contribution in [3.63, 3.8) is 0 Å². The van der Waals surface area contributed by atoms with Gasteiger partial charge in [-0.05, 0) is 36.4 Å². The lowest BCUT2D eigenvalue weighted by Crippen LogP contribution is -2.50. The van der Waals surface area contributed by atoms with Gasteiger partial charge in [0.05, 0.1) is 10.5 Å². The first-order valence-electron chi connectivity index (χ1n) is 8.48. The minimum Gasteiger partial charge on any atom is -0.406 e. The quantitative estimate of drug-likeness (QED) is 0.697. The summed E-state index contributed by atoms with van der Waals surface area (Å²) >= 11 is 0. The highest BCUT2D eigenvalue weighted by Crippen LogP contribution is 2.25. The fraction of sp³-hybridized carbons (Fsp3) is 0.278. The lowest BCUT2D eigenvalue weighted by molar-refractivity contribution is -0.274. The van der Waals surface area contributed by atoms with Crippen LogP contribution in [0.15, 0.2) is 53.4 Å². The lowest BCUT2D eigenvalue weighted by atomic mass is 10.1. The molecule has 0 saturated carbocycles. The van der Waals surface area contributed by atoms with E-state index in [0.717, 1.165) is 28.6 Å². The predicted octanol–water partition coefficient (Wildman–Crippen LogP) is 2.87. The topological polar surface area (TPSA) is 66.9 Å². The largest absolute Gasteiger partial charge is 0.573 e. The molecule has 1 aliphatic heterocycles. The van der Waals surface area contributed by atoms with Crippen molar-refractivity contribution in [2.45, 2.75) is 11.3 Å². The number of nitrogens with zero attached hydrogens (tertiary/aromatic N) is 2. The molecule has 0 bridgehead atoms. The van der Waals surface area contributed by atoms with Crippen LogP contribution >= 0.6 is 0 Å². The maximum absolute atomic E-state index is 13.8. The van der Waals surface area contributed by atoms with Gasteiger partial charge in [-0.2, -0.15) is 4.31 Å². The number of rotatable bonds is 4. The summed E-state index contributed by atoms with van der Waals surface area (Å²) < 4.78 is 80.6. The van der Waals surface area contributed by atoms with Crippen LogP contribution in [0.5, 0.6) is 5.75 Å². The van der Waals surface area contributed by atoms with E-state index in [1.807, 2.05) is 0 Å². The molecule has 1 amide bonds. The summed E-state index contributed by atoms with van der Waals surface area (Å²) in [6, 6.07) is 9.38. The monoisotopic (exact) mass is 432 g/mol. The Labute approximate surface area is 164 Å². The van der Waals surface area contributed by atoms with Gasteiger partial charge >= 0.3 is 6.36 Å². The van der Waals surface area contributed by atoms with Crippen molar-refractivity contribution in [2.24, 2.45) is 0 Å². The molecule has 1 heterocycles. The molecule has 0 atom stereocenters. The lowest BCUT2D eigenvalue weighted by Gasteiger charge is -2.34. The van der Waals surface area contributed by atoms with Crippen LogP contribution in [-0.2, 0) is 10.0 Å². The van der Waals surface area contributed by atoms with Gasteiger partial charge in [-0.15, -0.1) is 13.2 Å². The summed E-state index contributed by atoms with van der Waals surface area (Å²) in [5.41, 5.74) is -0.0935. The number of hydrogen-bond acceptors (Lipinski definition) is 4. The number of halogens is 4. The van der Waals surface area contributed by atoms with Crippen molar-refractivity contribution in [3.8, 4) is 5.75 Å². The third-order valence-electron chi connectivity index (χ3n) is 4.33. The third-order valence-corrected chi connectivity index (χ3v) is 6.24. The fourth-order valence-electron chi connectivity index (χ4n) is 2.90. The molecule has 1 saturated heterocycles. The second-order valence-corrected chi connectivity index (χ2v) is 8.13. The molecule has 11 heteroatoms. The van der Waals surface area contributed by atoms with Crippen molar-refractivity contribution >= 4 is 15.9 Å². The van der Waals surface area contributed by atoms with Gasteiger partial charge in [0.1, 0.15) is 11.6 Å². The zero-order valence-corrected chi connectivity index (χ0v) is 15.7. The number of amides is 1. The Balaban J connectivity index is 1.67. The molecule has 1 aliphatic rings. The van der Waals surface area contributed by atoms with Gasteiger partial charge in [-0.3, -0.25) is 4.79 Å². The van der Waals surface area contributed by atoms with Gasteiger partial charge in [0.25, 0.3) is 5.91 Å². The van der Waals surface area contributed by atoms with Gasteiger partial charge in [-0.25, -0.2) is 12.8 Å². The van der Waals surface area contributed by atoms with E-state index in [4.69, 9.17) is 0 Å². The Kier molecular flexibility index (Phi) is 5.80. The molecule has 0 aliphatic carbocycles. The number of hydrogen-bond donors (Lipinski definition) is 0. The highest BCUT2D eigenvalue weighted by Gasteiger charge is 2.33. The molecule has 6 nitrogen and oxygen atoms in total. The molecule has 0 aromatic heterocycles. The van der Waals surface area contributed by atoms with Crippen LogP contribution in [0, 0.1) is 5.82 Å². The molecule has 0 spiro atoms. The molecule has 29 heavy (non-hydrogen) atoms. The average Bonchev–Trinajstić information content (AvgIpc) is 2.67. The van der Waals surface area contributed by atoms with Crippen molar-refractivity contribution in [2.75, 3.05) is 26.2 Å². The predicted molar refractivity (Wildman–Crippen MR) is 94.2 cm³/mol. The minimum atomic E-state index is -4.87. The number of piperazine rings is 1. The molecular weight excluding hydrogens is 416 g/mol. The number of alkyl halides is 3. The number of carbonyl (C=O) groups excluding carboxylic acids is 1. The molecule has 0 N–H and O–H groups in total. The molecular formula is C18H16F4N2O4S. The summed E-state index contributed by atoms with van der Waals surface area (Å²) in [6.45, 7) is 0.0655. The van der Waals surface area contributed by atoms with Crippen LogP contribution in [-0.4, -0.2) is 56.1 Å². The van der Waals surface area contributed by atoms with Gasteiger partial charge < -0.3 is 9.64 Å². The smallest absolute Gasteiger partial charge is 0.406 e. The van der Waals surface area contributed by atoms with Crippen molar-refractivity contribution in [1.82, 2.24) is 9.21 Å². The number of benzene rings is 2. The summed E-state index contributed by atoms with van der Waals surface area (Å²) in [7, 11) is -3.96. The number of carbonyl (C=O) groups is 1. The van der Waals surface area contributed by atoms with E-state index in [-0.39, 0.29) is 36.6 Å². The zero-order chi connectivity index (χ0) is 21.2. The molecule has 2 aromatic carbocycles. The van der Waals surface area contributed by atoms with Crippen molar-refractivity contribution in [1.29, 1.82) is 0 Å². The van der Waals surface area contributed by atoms with Crippen LogP contribution in [0.2, 0.25) is 0 Å². The van der Waals surface area contributed by atoms with Gasteiger partial charge in [0.15, 0.2) is 0 Å². The Bertz CT molecular complexity index is 986. The van der Waals surface area contributed by atoms with Crippen LogP contribution in [0.3, 0.4) is 0 Å². The maximum Gasteiger partial charge on any atom is 0.573 e. The first kappa shape index (κ1) is 21.1. The van der Waals surface area contributed by atoms with E-state index < -0.39 is 33.9 Å². The molecule has 3 rings (SSSR count). The van der Waals surface area contributed by atoms with Crippen molar-refractivity contribution in [3.05, 3.63) is 59.9 Å². The third kappa shape index (κ3) is 4.85. The van der Waals surface area contributed by atoms with E-state index in [2.05, 4.69) is 4.74 Å². The van der Waals surface area contributed by atoms with Gasteiger partial charge in [-0.1, -0.05) is 12.1 Å². The average molecular weight is 432 g/mol. The fourth-order valence-corrected chi connectivity index (χ4v) is 4.32. The first-order chi connectivity index (χ1) is 13.6. The number of ether oxygens (including phenoxy) is 1. The Hall–Kier alpha value is -2.66. The summed E-state index contributed by atoms with van der Waals surface area (Å²) in [5, 5.41) is 0. The summed E-state index contributed by atoms with van der Waals surface area (Å²) in [5.74, 6) is -1.72. The molecule has 156 valence electrons. The standard InChI is InChI=1S/C18H16F4N2O4S/c19-16-4-2-1-3-15(16)17(25)23-9-11-24(12-10-23)29(26,27)14-7-5-13(6-8-14)28-18(20,21)22/h1-8H,9-12H2. The zero-order valence-electron chi connectivity index (χ0n) is 14.9. The van der Waals surface area contributed by atoms with E-state index in [1.165, 1.54) is 29.2 Å². The SMILES string of the molecule is O=C(c1ccccc1F)N1CCN(S(=O)(=O)c2ccc(OC(F)(F)F)cc2)CC1. The summed E-state index contributed by atoms with van der Waals surface area (Å²) in [6.07, 6.45) is -4.87. The Morgan fingerprint density at radius 2 is 1.52 bits per heavy atom. The maximum atomic E-state index is 13.8. The second-order valence-electron chi connectivity index (χ2n) is 6.20. The molecule has 2 aromatic rings. The van der Waals surface area contributed by atoms with Crippen molar-refractivity contribution < 1.29 is 35.5 Å². The van der Waals surface area contributed by atoms with Crippen LogP contribution in [0.25, 0.3) is 0 Å². The highest BCUT2D eigenvalue weighted by molar-refractivity contribution is 7.89. The molecule has 0 unspecified atom stereocenters. The highest BCUT2D eigenvalue weighted by atomic mass is 32.2. The normalized spacial score (nSPS) is 15.9. The second kappa shape index (κ2) is 7.99. The van der Waals surface area contributed by atoms with Gasteiger partial charge in [0.2, 0.25) is 10.0 Å². The van der Waals surface area contributed by atoms with Gasteiger partial charge in [0, 0.05) is 26.2 Å². The molecule has 0 radical (unpaired) electrons. The Morgan fingerprint density at radius 1 is 0.931 bits per heavy atom. The van der Waals surface area contributed by atoms with Crippen LogP contribution < -0.4 is 4.74 Å². The van der Waals surface area contributed by atoms with E-state index in [0.29, 0.717) is 0 Å². The number of sulfonamides is 1. The van der Waals surface area contributed by atoms with Crippen LogP contribution in [0.4, 0.5) is 17.6 Å². The molecule has 1 fully saturated rings. The van der Waals surface area contributed by atoms with Crippen LogP contribution in [0.1, 0.15) is 10.4 Å². The van der Waals surface area contributed by atoms with E-state index in [9.17, 15) is 30.8 Å². The summed E-state index contributed by atoms with van der Waals surface area (Å²) in [4.78, 5) is 13.6. The van der Waals surface area contributed by atoms with E-state index in [1.54, 1.807) is 0 Å². The first-order valence-corrected chi connectivity index (χ1v) is 9.92. The van der Waals surface area contributed by atoms with E-state index >= 15 is 0 Å². The minimum absolute atomic E-state index is 0.0245.